The minimum absolute atomic E-state index is 0.191. The van der Waals surface area contributed by atoms with Crippen molar-refractivity contribution in [1.82, 2.24) is 10.6 Å². The summed E-state index contributed by atoms with van der Waals surface area (Å²) in [6.45, 7) is 14.1. The van der Waals surface area contributed by atoms with Gasteiger partial charge in [0.1, 0.15) is 11.9 Å². The molecule has 2 atom stereocenters. The number of rotatable bonds is 11. The zero-order chi connectivity index (χ0) is 20.8. The van der Waals surface area contributed by atoms with Crippen molar-refractivity contribution in [1.29, 1.82) is 0 Å². The molecule has 1 amide bonds. The van der Waals surface area contributed by atoms with Crippen molar-refractivity contribution in [3.63, 3.8) is 0 Å². The molecule has 0 aliphatic rings. The van der Waals surface area contributed by atoms with Crippen LogP contribution >= 0.6 is 0 Å². The van der Waals surface area contributed by atoms with Crippen LogP contribution in [0.25, 0.3) is 0 Å². The van der Waals surface area contributed by atoms with Gasteiger partial charge in [0, 0.05) is 12.8 Å². The first-order valence-corrected chi connectivity index (χ1v) is 9.38. The molecule has 0 aliphatic heterocycles. The van der Waals surface area contributed by atoms with Crippen LogP contribution < -0.4 is 10.6 Å². The fourth-order valence-electron chi connectivity index (χ4n) is 2.50. The fourth-order valence-corrected chi connectivity index (χ4v) is 2.50. The Morgan fingerprint density at radius 2 is 1.93 bits per heavy atom. The quantitative estimate of drug-likeness (QED) is 0.435. The predicted octanol–water partition coefficient (Wildman–Crippen LogP) is 4.67. The molecule has 2 N–H and O–H groups in total. The van der Waals surface area contributed by atoms with E-state index in [-0.39, 0.29) is 11.8 Å². The highest BCUT2D eigenvalue weighted by atomic mass is 16.2. The first-order valence-electron chi connectivity index (χ1n) is 9.38. The second kappa shape index (κ2) is 13.2. The highest BCUT2D eigenvalue weighted by Gasteiger charge is 2.21. The summed E-state index contributed by atoms with van der Waals surface area (Å²) in [5.74, 6) is 0.382. The molecule has 1 rings (SSSR count). The molecule has 0 aromatic heterocycles. The summed E-state index contributed by atoms with van der Waals surface area (Å²) < 4.78 is 0. The van der Waals surface area contributed by atoms with Crippen molar-refractivity contribution in [3.8, 4) is 0 Å². The second-order valence-corrected chi connectivity index (χ2v) is 6.42. The number of allylic oxidation sites excluding steroid dienone is 6. The fraction of sp³-hybridized carbons (Fsp3) is 0.250. The Bertz CT molecular complexity index is 757. The van der Waals surface area contributed by atoms with Gasteiger partial charge in [0.05, 0.1) is 0 Å². The van der Waals surface area contributed by atoms with E-state index in [0.717, 1.165) is 5.57 Å². The SMILES string of the molecule is C=C/C=C\C=C(/C)[C@@H](NCC(C)c1ccccc1)C(=O)NC(=C)N=C/C=C\C. The van der Waals surface area contributed by atoms with Gasteiger partial charge in [-0.1, -0.05) is 80.8 Å². The molecule has 1 aromatic carbocycles. The minimum atomic E-state index is -0.491. The minimum Gasteiger partial charge on any atom is -0.310 e. The van der Waals surface area contributed by atoms with Crippen molar-refractivity contribution in [2.24, 2.45) is 4.99 Å². The third-order valence-corrected chi connectivity index (χ3v) is 4.10. The Kier molecular flexibility index (Phi) is 10.9. The second-order valence-electron chi connectivity index (χ2n) is 6.42. The van der Waals surface area contributed by atoms with Gasteiger partial charge in [0.15, 0.2) is 0 Å². The number of hydrogen-bond donors (Lipinski definition) is 2. The number of amides is 1. The van der Waals surface area contributed by atoms with E-state index in [0.29, 0.717) is 12.4 Å². The molecule has 4 heteroatoms. The lowest BCUT2D eigenvalue weighted by Crippen LogP contribution is -2.45. The van der Waals surface area contributed by atoms with Crippen molar-refractivity contribution >= 4 is 12.1 Å². The van der Waals surface area contributed by atoms with Gasteiger partial charge in [-0.25, -0.2) is 4.99 Å². The molecule has 0 spiro atoms. The van der Waals surface area contributed by atoms with E-state index in [1.807, 2.05) is 56.4 Å². The van der Waals surface area contributed by atoms with E-state index in [1.165, 1.54) is 5.56 Å². The van der Waals surface area contributed by atoms with Gasteiger partial charge in [-0.15, -0.1) is 0 Å². The number of carbonyl (C=O) groups is 1. The topological polar surface area (TPSA) is 53.5 Å². The molecule has 0 fully saturated rings. The molecule has 1 unspecified atom stereocenters. The van der Waals surface area contributed by atoms with E-state index in [9.17, 15) is 4.79 Å². The van der Waals surface area contributed by atoms with Gasteiger partial charge in [-0.2, -0.15) is 0 Å². The maximum absolute atomic E-state index is 12.8. The van der Waals surface area contributed by atoms with E-state index < -0.39 is 6.04 Å². The van der Waals surface area contributed by atoms with Gasteiger partial charge in [-0.05, 0) is 37.0 Å². The zero-order valence-corrected chi connectivity index (χ0v) is 17.1. The van der Waals surface area contributed by atoms with Crippen LogP contribution in [0.5, 0.6) is 0 Å². The monoisotopic (exact) mass is 377 g/mol. The molecule has 0 bridgehead atoms. The molecule has 4 nitrogen and oxygen atoms in total. The Balaban J connectivity index is 2.87. The molecule has 0 saturated carbocycles. The van der Waals surface area contributed by atoms with Gasteiger partial charge in [-0.3, -0.25) is 4.79 Å². The first-order chi connectivity index (χ1) is 13.5. The first kappa shape index (κ1) is 23.1. The van der Waals surface area contributed by atoms with E-state index in [2.05, 4.69) is 47.8 Å². The van der Waals surface area contributed by atoms with Crippen molar-refractivity contribution in [2.75, 3.05) is 6.54 Å². The van der Waals surface area contributed by atoms with Crippen LogP contribution in [-0.2, 0) is 4.79 Å². The van der Waals surface area contributed by atoms with Crippen molar-refractivity contribution in [2.45, 2.75) is 32.7 Å². The Labute approximate surface area is 169 Å². The van der Waals surface area contributed by atoms with Crippen LogP contribution in [0.15, 0.2) is 96.3 Å². The summed E-state index contributed by atoms with van der Waals surface area (Å²) >= 11 is 0. The molecule has 0 radical (unpaired) electrons. The Morgan fingerprint density at radius 3 is 2.57 bits per heavy atom. The van der Waals surface area contributed by atoms with E-state index in [4.69, 9.17) is 0 Å². The van der Waals surface area contributed by atoms with Crippen LogP contribution in [0.1, 0.15) is 32.3 Å². The number of hydrogen-bond acceptors (Lipinski definition) is 3. The third-order valence-electron chi connectivity index (χ3n) is 4.10. The van der Waals surface area contributed by atoms with Crippen LogP contribution in [0.4, 0.5) is 0 Å². The molecular weight excluding hydrogens is 346 g/mol. The Hall–Kier alpha value is -2.98. The number of nitrogens with zero attached hydrogens (tertiary/aromatic N) is 1. The van der Waals surface area contributed by atoms with E-state index in [1.54, 1.807) is 18.4 Å². The van der Waals surface area contributed by atoms with Gasteiger partial charge >= 0.3 is 0 Å². The lowest BCUT2D eigenvalue weighted by Gasteiger charge is -2.21. The maximum atomic E-state index is 12.8. The van der Waals surface area contributed by atoms with Crippen LogP contribution in [0.2, 0.25) is 0 Å². The summed E-state index contributed by atoms with van der Waals surface area (Å²) in [5, 5.41) is 6.13. The summed E-state index contributed by atoms with van der Waals surface area (Å²) in [6, 6.07) is 9.73. The molecular formula is C24H31N3O. The molecule has 148 valence electrons. The Morgan fingerprint density at radius 1 is 1.21 bits per heavy atom. The normalized spacial score (nSPS) is 14.5. The van der Waals surface area contributed by atoms with Crippen molar-refractivity contribution < 1.29 is 4.79 Å². The lowest BCUT2D eigenvalue weighted by molar-refractivity contribution is -0.121. The van der Waals surface area contributed by atoms with Crippen LogP contribution in [-0.4, -0.2) is 24.7 Å². The summed E-state index contributed by atoms with van der Waals surface area (Å²) in [7, 11) is 0. The lowest BCUT2D eigenvalue weighted by atomic mass is 10.00. The number of aliphatic imine (C=N–C) groups is 1. The summed E-state index contributed by atoms with van der Waals surface area (Å²) in [6.07, 6.45) is 12.5. The average Bonchev–Trinajstić information content (AvgIpc) is 2.69. The van der Waals surface area contributed by atoms with Gasteiger partial charge < -0.3 is 10.6 Å². The van der Waals surface area contributed by atoms with Crippen LogP contribution in [0.3, 0.4) is 0 Å². The highest BCUT2D eigenvalue weighted by Crippen LogP contribution is 2.14. The molecule has 28 heavy (non-hydrogen) atoms. The largest absolute Gasteiger partial charge is 0.310 e. The summed E-state index contributed by atoms with van der Waals surface area (Å²) in [4.78, 5) is 16.9. The number of carbonyl (C=O) groups excluding carboxylic acids is 1. The maximum Gasteiger partial charge on any atom is 0.246 e. The molecule has 1 aromatic rings. The molecule has 0 heterocycles. The van der Waals surface area contributed by atoms with Crippen molar-refractivity contribution in [3.05, 3.63) is 96.9 Å². The number of benzene rings is 1. The van der Waals surface area contributed by atoms with Gasteiger partial charge in [0.25, 0.3) is 0 Å². The zero-order valence-electron chi connectivity index (χ0n) is 17.1. The smallest absolute Gasteiger partial charge is 0.246 e. The number of nitrogens with one attached hydrogen (secondary N) is 2. The average molecular weight is 378 g/mol. The molecule has 0 saturated heterocycles. The van der Waals surface area contributed by atoms with Crippen LogP contribution in [0, 0.1) is 0 Å². The predicted molar refractivity (Wildman–Crippen MR) is 120 cm³/mol. The summed E-state index contributed by atoms with van der Waals surface area (Å²) in [5.41, 5.74) is 2.11. The van der Waals surface area contributed by atoms with Gasteiger partial charge in [0.2, 0.25) is 5.91 Å². The standard InChI is InChI=1S/C24H31N3O/c1-6-8-11-14-19(3)23(24(28)27-21(5)25-17-9-7-2)26-18-20(4)22-15-12-10-13-16-22/h6-17,20,23,26H,1,5,18H2,2-4H3,(H,27,28)/b9-7-,11-8-,19-14+,25-17?/t20?,23-/m1/s1. The third kappa shape index (κ3) is 8.60. The molecule has 0 aliphatic carbocycles. The highest BCUT2D eigenvalue weighted by molar-refractivity contribution is 5.86. The van der Waals surface area contributed by atoms with E-state index >= 15 is 0 Å².